The first-order valence-electron chi connectivity index (χ1n) is 13.2. The van der Waals surface area contributed by atoms with E-state index in [2.05, 4.69) is 45.4 Å². The number of fused-ring (bicyclic) bond motifs is 1. The first-order chi connectivity index (χ1) is 18.7. The van der Waals surface area contributed by atoms with Crippen molar-refractivity contribution in [2.24, 2.45) is 0 Å². The molecule has 0 unspecified atom stereocenters. The number of nitrogens with zero attached hydrogens (tertiary/aromatic N) is 4. The van der Waals surface area contributed by atoms with Crippen molar-refractivity contribution in [1.82, 2.24) is 9.97 Å². The lowest BCUT2D eigenvalue weighted by molar-refractivity contribution is -0.116. The minimum Gasteiger partial charge on any atom is -0.494 e. The van der Waals surface area contributed by atoms with Crippen LogP contribution < -0.4 is 25.2 Å². The van der Waals surface area contributed by atoms with E-state index in [4.69, 9.17) is 21.1 Å². The van der Waals surface area contributed by atoms with Crippen LogP contribution in [0.2, 0.25) is 5.02 Å². The minimum atomic E-state index is -0.0255. The van der Waals surface area contributed by atoms with Gasteiger partial charge in [0.1, 0.15) is 10.8 Å². The maximum Gasteiger partial charge on any atom is 0.229 e. The number of carbonyl (C=O) groups is 1. The summed E-state index contributed by atoms with van der Waals surface area (Å²) in [5.74, 6) is 1.55. The smallest absolute Gasteiger partial charge is 0.229 e. The molecule has 3 aromatic rings. The zero-order valence-electron chi connectivity index (χ0n) is 22.9. The van der Waals surface area contributed by atoms with Gasteiger partial charge in [0, 0.05) is 49.7 Å². The standard InChI is InChI=1S/C29H35ClN6O3/c1-19(37)36-11-5-10-29(2,3)22-8-6-20(16-25(22)36)32-28-31-18-23(30)27(34-28)33-24-9-7-21(17-26(24)38-4)35-12-14-39-15-13-35/h6-9,16-18H,5,10-15H2,1-4H3,(H2,31,32,33,34). The number of hydrogen-bond acceptors (Lipinski definition) is 8. The molecule has 1 fully saturated rings. The van der Waals surface area contributed by atoms with E-state index in [1.54, 1.807) is 20.2 Å². The van der Waals surface area contributed by atoms with Crippen molar-refractivity contribution in [1.29, 1.82) is 0 Å². The van der Waals surface area contributed by atoms with E-state index in [0.29, 0.717) is 42.3 Å². The highest BCUT2D eigenvalue weighted by atomic mass is 35.5. The number of carbonyl (C=O) groups excluding carboxylic acids is 1. The van der Waals surface area contributed by atoms with Crippen LogP contribution in [0.25, 0.3) is 0 Å². The summed E-state index contributed by atoms with van der Waals surface area (Å²) in [6.07, 6.45) is 3.53. The van der Waals surface area contributed by atoms with Crippen LogP contribution >= 0.6 is 11.6 Å². The van der Waals surface area contributed by atoms with Gasteiger partial charge in [-0.2, -0.15) is 4.98 Å². The molecular formula is C29H35ClN6O3. The average Bonchev–Trinajstić information content (AvgIpc) is 3.06. The molecule has 0 aliphatic carbocycles. The van der Waals surface area contributed by atoms with Gasteiger partial charge in [-0.15, -0.1) is 0 Å². The molecule has 1 amide bonds. The van der Waals surface area contributed by atoms with Gasteiger partial charge in [-0.1, -0.05) is 31.5 Å². The molecule has 2 N–H and O–H groups in total. The molecule has 0 saturated carbocycles. The fourth-order valence-corrected chi connectivity index (χ4v) is 5.38. The van der Waals surface area contributed by atoms with Crippen molar-refractivity contribution in [3.63, 3.8) is 0 Å². The number of hydrogen-bond donors (Lipinski definition) is 2. The number of nitrogens with one attached hydrogen (secondary N) is 2. The summed E-state index contributed by atoms with van der Waals surface area (Å²) in [4.78, 5) is 25.6. The molecule has 2 aliphatic rings. The lowest BCUT2D eigenvalue weighted by Gasteiger charge is -2.29. The Morgan fingerprint density at radius 1 is 1.10 bits per heavy atom. The summed E-state index contributed by atoms with van der Waals surface area (Å²) in [5, 5.41) is 6.96. The van der Waals surface area contributed by atoms with E-state index in [-0.39, 0.29) is 11.3 Å². The fraction of sp³-hybridized carbons (Fsp3) is 0.414. The molecule has 1 aromatic heterocycles. The molecule has 1 saturated heterocycles. The predicted octanol–water partition coefficient (Wildman–Crippen LogP) is 5.89. The molecule has 0 bridgehead atoms. The monoisotopic (exact) mass is 550 g/mol. The highest BCUT2D eigenvalue weighted by Crippen LogP contribution is 2.41. The summed E-state index contributed by atoms with van der Waals surface area (Å²) in [6, 6.07) is 12.1. The fourth-order valence-electron chi connectivity index (χ4n) is 5.24. The number of halogens is 1. The van der Waals surface area contributed by atoms with Crippen molar-refractivity contribution in [3.8, 4) is 5.75 Å². The number of aromatic nitrogens is 2. The van der Waals surface area contributed by atoms with Crippen molar-refractivity contribution < 1.29 is 14.3 Å². The third-order valence-electron chi connectivity index (χ3n) is 7.40. The van der Waals surface area contributed by atoms with E-state index in [9.17, 15) is 4.79 Å². The highest BCUT2D eigenvalue weighted by molar-refractivity contribution is 6.33. The van der Waals surface area contributed by atoms with Crippen LogP contribution in [0, 0.1) is 0 Å². The number of morpholine rings is 1. The van der Waals surface area contributed by atoms with Gasteiger partial charge >= 0.3 is 0 Å². The second-order valence-corrected chi connectivity index (χ2v) is 10.9. The molecule has 0 spiro atoms. The Morgan fingerprint density at radius 2 is 1.90 bits per heavy atom. The van der Waals surface area contributed by atoms with Crippen molar-refractivity contribution in [3.05, 3.63) is 53.2 Å². The van der Waals surface area contributed by atoms with E-state index >= 15 is 0 Å². The molecule has 2 aromatic carbocycles. The Labute approximate surface area is 234 Å². The van der Waals surface area contributed by atoms with Crippen LogP contribution in [0.4, 0.5) is 34.5 Å². The molecule has 0 radical (unpaired) electrons. The molecule has 10 heteroatoms. The average molecular weight is 551 g/mol. The van der Waals surface area contributed by atoms with Gasteiger partial charge < -0.3 is 29.9 Å². The van der Waals surface area contributed by atoms with Crippen molar-refractivity contribution in [2.75, 3.05) is 60.4 Å². The van der Waals surface area contributed by atoms with Gasteiger partial charge in [0.15, 0.2) is 5.82 Å². The highest BCUT2D eigenvalue weighted by Gasteiger charge is 2.30. The number of methoxy groups -OCH3 is 1. The van der Waals surface area contributed by atoms with E-state index < -0.39 is 0 Å². The number of rotatable bonds is 6. The van der Waals surface area contributed by atoms with Gasteiger partial charge in [0.25, 0.3) is 0 Å². The number of ether oxygens (including phenoxy) is 2. The normalized spacial score (nSPS) is 16.7. The molecule has 0 atom stereocenters. The van der Waals surface area contributed by atoms with Gasteiger partial charge in [0.2, 0.25) is 11.9 Å². The summed E-state index contributed by atoms with van der Waals surface area (Å²) >= 11 is 6.47. The SMILES string of the molecule is COc1cc(N2CCOCC2)ccc1Nc1nc(Nc2ccc3c(c2)N(C(C)=O)CCCC3(C)C)ncc1Cl. The molecule has 9 nitrogen and oxygen atoms in total. The Hall–Kier alpha value is -3.56. The summed E-state index contributed by atoms with van der Waals surface area (Å²) in [5.41, 5.74) is 4.66. The third-order valence-corrected chi connectivity index (χ3v) is 7.67. The Bertz CT molecular complexity index is 1360. The van der Waals surface area contributed by atoms with Gasteiger partial charge in [-0.3, -0.25) is 4.79 Å². The number of benzene rings is 2. The number of anilines is 6. The molecule has 2 aliphatic heterocycles. The maximum atomic E-state index is 12.5. The van der Waals surface area contributed by atoms with Crippen LogP contribution in [0.5, 0.6) is 5.75 Å². The van der Waals surface area contributed by atoms with Crippen LogP contribution in [-0.4, -0.2) is 55.8 Å². The van der Waals surface area contributed by atoms with Gasteiger partial charge in [0.05, 0.1) is 32.2 Å². The van der Waals surface area contributed by atoms with E-state index in [1.165, 1.54) is 0 Å². The zero-order chi connectivity index (χ0) is 27.6. The van der Waals surface area contributed by atoms with E-state index in [0.717, 1.165) is 54.2 Å². The summed E-state index contributed by atoms with van der Waals surface area (Å²) < 4.78 is 11.1. The Kier molecular flexibility index (Phi) is 7.81. The van der Waals surface area contributed by atoms with Gasteiger partial charge in [-0.25, -0.2) is 4.98 Å². The quantitative estimate of drug-likeness (QED) is 0.393. The Morgan fingerprint density at radius 3 is 2.64 bits per heavy atom. The van der Waals surface area contributed by atoms with Crippen LogP contribution in [0.3, 0.4) is 0 Å². The maximum absolute atomic E-state index is 12.5. The minimum absolute atomic E-state index is 0.0255. The van der Waals surface area contributed by atoms with Crippen LogP contribution in [0.15, 0.2) is 42.6 Å². The third kappa shape index (κ3) is 5.89. The van der Waals surface area contributed by atoms with Gasteiger partial charge in [-0.05, 0) is 48.1 Å². The number of amides is 1. The molecule has 3 heterocycles. The first-order valence-corrected chi connectivity index (χ1v) is 13.6. The lowest BCUT2D eigenvalue weighted by Crippen LogP contribution is -2.36. The van der Waals surface area contributed by atoms with Crippen LogP contribution in [-0.2, 0) is 14.9 Å². The summed E-state index contributed by atoms with van der Waals surface area (Å²) in [7, 11) is 1.64. The molecule has 39 heavy (non-hydrogen) atoms. The first kappa shape index (κ1) is 27.0. The van der Waals surface area contributed by atoms with Crippen molar-refractivity contribution in [2.45, 2.75) is 39.0 Å². The largest absolute Gasteiger partial charge is 0.494 e. The molecule has 206 valence electrons. The lowest BCUT2D eigenvalue weighted by atomic mass is 9.80. The van der Waals surface area contributed by atoms with E-state index in [1.807, 2.05) is 35.2 Å². The van der Waals surface area contributed by atoms with Crippen molar-refractivity contribution >= 4 is 52.0 Å². The molecular weight excluding hydrogens is 516 g/mol. The molecule has 5 rings (SSSR count). The summed E-state index contributed by atoms with van der Waals surface area (Å²) in [6.45, 7) is 9.87. The second-order valence-electron chi connectivity index (χ2n) is 10.5. The second kappa shape index (κ2) is 11.3. The van der Waals surface area contributed by atoms with Crippen LogP contribution in [0.1, 0.15) is 39.2 Å². The Balaban J connectivity index is 1.39. The zero-order valence-corrected chi connectivity index (χ0v) is 23.6. The topological polar surface area (TPSA) is 91.9 Å². The predicted molar refractivity (Wildman–Crippen MR) is 156 cm³/mol.